The van der Waals surface area contributed by atoms with Gasteiger partial charge >= 0.3 is 24.6 Å². The lowest BCUT2D eigenvalue weighted by Gasteiger charge is -2.37. The number of carbonyl (C=O) groups is 4. The van der Waals surface area contributed by atoms with Crippen LogP contribution in [0.25, 0.3) is 0 Å². The molecule has 0 spiro atoms. The Morgan fingerprint density at radius 3 is 1.36 bits per heavy atom. The molecule has 2 aliphatic rings. The molecule has 0 heterocycles. The van der Waals surface area contributed by atoms with Crippen molar-refractivity contribution >= 4 is 24.6 Å². The lowest BCUT2D eigenvalue weighted by molar-refractivity contribution is -0.139. The van der Waals surface area contributed by atoms with Crippen LogP contribution in [0.5, 0.6) is 0 Å². The minimum Gasteiger partial charge on any atom is -0.450 e. The van der Waals surface area contributed by atoms with Gasteiger partial charge in [-0.1, -0.05) is 6.42 Å². The maximum atomic E-state index is 12.1. The minimum absolute atomic E-state index is 0.308. The SMILES string of the molecule is O=C(O)OC1CC(OC(=O)O)C(OC(=O)OC2CCCCC2)CC1OC(=O)O. The van der Waals surface area contributed by atoms with Crippen LogP contribution in [-0.2, 0) is 23.7 Å². The first-order valence-corrected chi connectivity index (χ1v) is 8.80. The van der Waals surface area contributed by atoms with Crippen molar-refractivity contribution in [3.8, 4) is 0 Å². The summed E-state index contributed by atoms with van der Waals surface area (Å²) < 4.78 is 24.2. The van der Waals surface area contributed by atoms with Crippen molar-refractivity contribution < 1.29 is 58.2 Å². The van der Waals surface area contributed by atoms with E-state index in [-0.39, 0.29) is 12.5 Å². The molecule has 2 rings (SSSR count). The van der Waals surface area contributed by atoms with Crippen LogP contribution in [0.1, 0.15) is 44.9 Å². The summed E-state index contributed by atoms with van der Waals surface area (Å²) in [6.45, 7) is 0. The van der Waals surface area contributed by atoms with E-state index in [0.717, 1.165) is 19.3 Å². The lowest BCUT2D eigenvalue weighted by Crippen LogP contribution is -2.51. The molecule has 12 nitrogen and oxygen atoms in total. The molecule has 0 saturated heterocycles. The Labute approximate surface area is 159 Å². The Hall–Kier alpha value is -2.92. The van der Waals surface area contributed by atoms with E-state index in [1.165, 1.54) is 0 Å². The maximum Gasteiger partial charge on any atom is 0.508 e. The van der Waals surface area contributed by atoms with Crippen LogP contribution >= 0.6 is 0 Å². The first-order chi connectivity index (χ1) is 13.2. The zero-order valence-electron chi connectivity index (χ0n) is 14.9. The van der Waals surface area contributed by atoms with Gasteiger partial charge in [0.05, 0.1) is 0 Å². The van der Waals surface area contributed by atoms with Gasteiger partial charge in [0, 0.05) is 12.8 Å². The summed E-state index contributed by atoms with van der Waals surface area (Å²) in [5.74, 6) is 0. The van der Waals surface area contributed by atoms with Crippen molar-refractivity contribution in [3.05, 3.63) is 0 Å². The standard InChI is InChI=1S/C16H22O12/c17-13(18)25-9-6-11(27-15(21)22)12(7-10(9)26-14(19)20)28-16(23)24-8-4-2-1-3-5-8/h8-12H,1-7H2,(H,17,18)(H,19,20)(H,21,22). The fourth-order valence-electron chi connectivity index (χ4n) is 3.42. The molecule has 0 amide bonds. The zero-order valence-corrected chi connectivity index (χ0v) is 14.9. The summed E-state index contributed by atoms with van der Waals surface area (Å²) in [6, 6.07) is 0. The van der Waals surface area contributed by atoms with E-state index < -0.39 is 55.5 Å². The van der Waals surface area contributed by atoms with E-state index in [1.807, 2.05) is 0 Å². The predicted molar refractivity (Wildman–Crippen MR) is 86.2 cm³/mol. The van der Waals surface area contributed by atoms with Gasteiger partial charge in [-0.2, -0.15) is 0 Å². The second kappa shape index (κ2) is 9.85. The molecule has 0 aliphatic heterocycles. The molecule has 12 heteroatoms. The van der Waals surface area contributed by atoms with Crippen molar-refractivity contribution in [1.29, 1.82) is 0 Å². The van der Waals surface area contributed by atoms with Crippen LogP contribution in [-0.4, -0.2) is 70.5 Å². The summed E-state index contributed by atoms with van der Waals surface area (Å²) in [5.41, 5.74) is 0. The van der Waals surface area contributed by atoms with Gasteiger partial charge in [-0.15, -0.1) is 0 Å². The van der Waals surface area contributed by atoms with Crippen molar-refractivity contribution in [3.63, 3.8) is 0 Å². The first-order valence-electron chi connectivity index (χ1n) is 8.80. The van der Waals surface area contributed by atoms with Crippen molar-refractivity contribution in [2.75, 3.05) is 0 Å². The normalized spacial score (nSPS) is 27.9. The van der Waals surface area contributed by atoms with Gasteiger partial charge in [-0.05, 0) is 25.7 Å². The Bertz CT molecular complexity index is 584. The highest BCUT2D eigenvalue weighted by atomic mass is 16.7. The molecule has 158 valence electrons. The van der Waals surface area contributed by atoms with Gasteiger partial charge in [-0.25, -0.2) is 19.2 Å². The highest BCUT2D eigenvalue weighted by Gasteiger charge is 2.46. The van der Waals surface area contributed by atoms with E-state index in [2.05, 4.69) is 14.2 Å². The van der Waals surface area contributed by atoms with Crippen LogP contribution in [0.2, 0.25) is 0 Å². The molecule has 2 aliphatic carbocycles. The van der Waals surface area contributed by atoms with Crippen LogP contribution in [0.3, 0.4) is 0 Å². The molecule has 4 unspecified atom stereocenters. The summed E-state index contributed by atoms with van der Waals surface area (Å²) in [6.07, 6.45) is -8.07. The number of carboxylic acid groups (broad SMARTS) is 3. The molecule has 28 heavy (non-hydrogen) atoms. The van der Waals surface area contributed by atoms with E-state index in [9.17, 15) is 19.2 Å². The lowest BCUT2D eigenvalue weighted by atomic mass is 9.89. The molecule has 0 aromatic rings. The van der Waals surface area contributed by atoms with Crippen LogP contribution in [0.4, 0.5) is 19.2 Å². The predicted octanol–water partition coefficient (Wildman–Crippen LogP) is 2.82. The largest absolute Gasteiger partial charge is 0.508 e. The van der Waals surface area contributed by atoms with Crippen molar-refractivity contribution in [1.82, 2.24) is 0 Å². The fraction of sp³-hybridized carbons (Fsp3) is 0.750. The zero-order chi connectivity index (χ0) is 20.7. The molecular weight excluding hydrogens is 384 g/mol. The summed E-state index contributed by atoms with van der Waals surface area (Å²) in [4.78, 5) is 44.7. The van der Waals surface area contributed by atoms with E-state index in [4.69, 9.17) is 24.8 Å². The van der Waals surface area contributed by atoms with E-state index in [1.54, 1.807) is 0 Å². The van der Waals surface area contributed by atoms with Gasteiger partial charge in [0.2, 0.25) is 0 Å². The third-order valence-corrected chi connectivity index (χ3v) is 4.58. The van der Waals surface area contributed by atoms with Crippen molar-refractivity contribution in [2.45, 2.75) is 75.5 Å². The monoisotopic (exact) mass is 406 g/mol. The summed E-state index contributed by atoms with van der Waals surface area (Å²) in [5, 5.41) is 26.5. The van der Waals surface area contributed by atoms with Gasteiger partial charge < -0.3 is 39.0 Å². The highest BCUT2D eigenvalue weighted by molar-refractivity contribution is 5.61. The number of hydrogen-bond acceptors (Lipinski definition) is 9. The number of ether oxygens (including phenoxy) is 5. The minimum atomic E-state index is -1.70. The third kappa shape index (κ3) is 6.67. The fourth-order valence-corrected chi connectivity index (χ4v) is 3.42. The second-order valence-corrected chi connectivity index (χ2v) is 6.52. The first kappa shape index (κ1) is 21.4. The van der Waals surface area contributed by atoms with Crippen LogP contribution in [0.15, 0.2) is 0 Å². The van der Waals surface area contributed by atoms with Gasteiger partial charge in [0.1, 0.15) is 30.5 Å². The Kier molecular flexibility index (Phi) is 7.52. The topological polar surface area (TPSA) is 175 Å². The average molecular weight is 406 g/mol. The molecule has 4 atom stereocenters. The number of carbonyl (C=O) groups excluding carboxylic acids is 1. The quantitative estimate of drug-likeness (QED) is 0.450. The number of hydrogen-bond donors (Lipinski definition) is 3. The Morgan fingerprint density at radius 2 is 0.964 bits per heavy atom. The molecular formula is C16H22O12. The van der Waals surface area contributed by atoms with Gasteiger partial charge in [-0.3, -0.25) is 0 Å². The average Bonchev–Trinajstić information content (AvgIpc) is 2.58. The third-order valence-electron chi connectivity index (χ3n) is 4.58. The highest BCUT2D eigenvalue weighted by Crippen LogP contribution is 2.30. The van der Waals surface area contributed by atoms with Gasteiger partial charge in [0.25, 0.3) is 0 Å². The summed E-state index contributed by atoms with van der Waals surface area (Å²) >= 11 is 0. The van der Waals surface area contributed by atoms with Crippen LogP contribution < -0.4 is 0 Å². The molecule has 0 aromatic carbocycles. The molecule has 0 aromatic heterocycles. The Balaban J connectivity index is 2.06. The molecule has 2 fully saturated rings. The van der Waals surface area contributed by atoms with Crippen LogP contribution in [0, 0.1) is 0 Å². The second-order valence-electron chi connectivity index (χ2n) is 6.52. The van der Waals surface area contributed by atoms with Gasteiger partial charge in [0.15, 0.2) is 0 Å². The smallest absolute Gasteiger partial charge is 0.450 e. The van der Waals surface area contributed by atoms with Crippen molar-refractivity contribution in [2.24, 2.45) is 0 Å². The summed E-state index contributed by atoms with van der Waals surface area (Å²) in [7, 11) is 0. The molecule has 0 radical (unpaired) electrons. The maximum absolute atomic E-state index is 12.1. The Morgan fingerprint density at radius 1 is 0.571 bits per heavy atom. The molecule has 3 N–H and O–H groups in total. The molecule has 0 bridgehead atoms. The molecule has 2 saturated carbocycles. The van der Waals surface area contributed by atoms with E-state index in [0.29, 0.717) is 12.8 Å². The number of rotatable bonds is 5. The van der Waals surface area contributed by atoms with E-state index >= 15 is 0 Å².